The Balaban J connectivity index is 2.57. The fraction of sp³-hybridized carbons (Fsp3) is 0.267. The fourth-order valence-electron chi connectivity index (χ4n) is 1.88. The molecule has 0 aliphatic heterocycles. The van der Waals surface area contributed by atoms with E-state index in [1.54, 1.807) is 21.0 Å². The van der Waals surface area contributed by atoms with E-state index in [0.29, 0.717) is 11.3 Å². The summed E-state index contributed by atoms with van der Waals surface area (Å²) >= 11 is 1.51. The zero-order valence-corrected chi connectivity index (χ0v) is 12.0. The van der Waals surface area contributed by atoms with Crippen molar-refractivity contribution in [3.63, 3.8) is 0 Å². The predicted octanol–water partition coefficient (Wildman–Crippen LogP) is 3.79. The number of hydrogen-bond donors (Lipinski definition) is 1. The molecule has 0 bridgehead atoms. The largest absolute Gasteiger partial charge is 0.495 e. The Kier molecular flexibility index (Phi) is 3.62. The lowest BCUT2D eigenvalue weighted by Gasteiger charge is -2.19. The van der Waals surface area contributed by atoms with Gasteiger partial charge in [-0.2, -0.15) is 0 Å². The topological polar surface area (TPSA) is 46.5 Å². The molecule has 0 atom stereocenters. The summed E-state index contributed by atoms with van der Waals surface area (Å²) in [5.41, 5.74) is 0.789. The number of thiophene rings is 1. The van der Waals surface area contributed by atoms with E-state index in [9.17, 15) is 9.90 Å². The number of hydrogen-bond acceptors (Lipinski definition) is 3. The zero-order chi connectivity index (χ0) is 14.0. The molecule has 1 heterocycles. The minimum Gasteiger partial charge on any atom is -0.495 e. The summed E-state index contributed by atoms with van der Waals surface area (Å²) in [5.74, 6) is -0.202. The van der Waals surface area contributed by atoms with Crippen LogP contribution in [0.4, 0.5) is 0 Å². The highest BCUT2D eigenvalue weighted by molar-refractivity contribution is 7.14. The van der Waals surface area contributed by atoms with Gasteiger partial charge in [0, 0.05) is 5.56 Å². The van der Waals surface area contributed by atoms with Crippen molar-refractivity contribution < 1.29 is 14.6 Å². The molecule has 0 amide bonds. The van der Waals surface area contributed by atoms with Crippen molar-refractivity contribution in [2.75, 3.05) is 7.11 Å². The van der Waals surface area contributed by atoms with E-state index in [1.807, 2.05) is 35.7 Å². The molecule has 2 rings (SSSR count). The maximum Gasteiger partial charge on any atom is 0.313 e. The molecule has 19 heavy (non-hydrogen) atoms. The molecule has 4 heteroatoms. The first-order valence-corrected chi connectivity index (χ1v) is 6.81. The number of aliphatic carboxylic acids is 1. The molecule has 0 unspecified atom stereocenters. The first kappa shape index (κ1) is 13.6. The maximum absolute atomic E-state index is 11.4. The normalized spacial score (nSPS) is 11.3. The van der Waals surface area contributed by atoms with Crippen molar-refractivity contribution in [1.82, 2.24) is 0 Å². The van der Waals surface area contributed by atoms with E-state index in [1.165, 1.54) is 11.3 Å². The monoisotopic (exact) mass is 276 g/mol. The van der Waals surface area contributed by atoms with Gasteiger partial charge in [0.05, 0.1) is 17.4 Å². The Labute approximate surface area is 116 Å². The van der Waals surface area contributed by atoms with Gasteiger partial charge < -0.3 is 9.84 Å². The van der Waals surface area contributed by atoms with Gasteiger partial charge in [0.2, 0.25) is 0 Å². The molecule has 1 aromatic heterocycles. The van der Waals surface area contributed by atoms with Crippen LogP contribution < -0.4 is 4.74 Å². The third-order valence-corrected chi connectivity index (χ3v) is 4.20. The van der Waals surface area contributed by atoms with Crippen molar-refractivity contribution >= 4 is 17.3 Å². The summed E-state index contributed by atoms with van der Waals surface area (Å²) in [6.07, 6.45) is 0. The lowest BCUT2D eigenvalue weighted by atomic mass is 9.85. The number of carboxylic acids is 1. The molecular formula is C15H16O3S. The fourth-order valence-corrected chi connectivity index (χ4v) is 3.09. The quantitative estimate of drug-likeness (QED) is 0.924. The van der Waals surface area contributed by atoms with Gasteiger partial charge in [-0.25, -0.2) is 0 Å². The second-order valence-corrected chi connectivity index (χ2v) is 5.69. The van der Waals surface area contributed by atoms with Crippen LogP contribution in [0, 0.1) is 0 Å². The van der Waals surface area contributed by atoms with Gasteiger partial charge in [0.15, 0.2) is 0 Å². The molecule has 1 aromatic carbocycles. The number of ether oxygens (including phenoxy) is 1. The lowest BCUT2D eigenvalue weighted by Crippen LogP contribution is -2.28. The number of benzene rings is 1. The molecular weight excluding hydrogens is 260 g/mol. The van der Waals surface area contributed by atoms with Crippen molar-refractivity contribution in [2.24, 2.45) is 0 Å². The molecule has 0 spiro atoms. The highest BCUT2D eigenvalue weighted by Gasteiger charge is 2.34. The van der Waals surface area contributed by atoms with Crippen molar-refractivity contribution in [3.05, 3.63) is 41.3 Å². The molecule has 3 nitrogen and oxygen atoms in total. The van der Waals surface area contributed by atoms with E-state index in [-0.39, 0.29) is 0 Å². The minimum atomic E-state index is -0.963. The van der Waals surface area contributed by atoms with Crippen LogP contribution in [-0.4, -0.2) is 18.2 Å². The number of rotatable bonds is 4. The van der Waals surface area contributed by atoms with Crippen LogP contribution in [-0.2, 0) is 10.2 Å². The van der Waals surface area contributed by atoms with E-state index in [0.717, 1.165) is 10.4 Å². The average molecular weight is 276 g/mol. The molecule has 0 saturated heterocycles. The third-order valence-electron chi connectivity index (χ3n) is 3.19. The zero-order valence-electron chi connectivity index (χ0n) is 11.1. The number of carbonyl (C=O) groups is 1. The van der Waals surface area contributed by atoms with Crippen LogP contribution in [0.1, 0.15) is 19.4 Å². The van der Waals surface area contributed by atoms with Crippen LogP contribution in [0.5, 0.6) is 5.75 Å². The van der Waals surface area contributed by atoms with Gasteiger partial charge in [-0.1, -0.05) is 30.3 Å². The number of methoxy groups -OCH3 is 1. The smallest absolute Gasteiger partial charge is 0.313 e. The van der Waals surface area contributed by atoms with E-state index >= 15 is 0 Å². The van der Waals surface area contributed by atoms with Gasteiger partial charge in [-0.05, 0) is 24.8 Å². The predicted molar refractivity (Wildman–Crippen MR) is 77.0 cm³/mol. The Hall–Kier alpha value is -1.81. The molecule has 0 saturated carbocycles. The van der Waals surface area contributed by atoms with Crippen molar-refractivity contribution in [2.45, 2.75) is 19.3 Å². The first-order chi connectivity index (χ1) is 8.98. The molecule has 0 radical (unpaired) electrons. The lowest BCUT2D eigenvalue weighted by molar-refractivity contribution is -0.142. The second kappa shape index (κ2) is 5.05. The van der Waals surface area contributed by atoms with Crippen molar-refractivity contribution in [3.8, 4) is 16.2 Å². The minimum absolute atomic E-state index is 0.656. The highest BCUT2D eigenvalue weighted by atomic mass is 32.1. The van der Waals surface area contributed by atoms with Gasteiger partial charge in [0.1, 0.15) is 5.75 Å². The summed E-state index contributed by atoms with van der Waals surface area (Å²) in [6.45, 7) is 3.38. The average Bonchev–Trinajstić information content (AvgIpc) is 2.83. The summed E-state index contributed by atoms with van der Waals surface area (Å²) in [7, 11) is 1.58. The van der Waals surface area contributed by atoms with Crippen LogP contribution >= 0.6 is 11.3 Å². The van der Waals surface area contributed by atoms with Crippen LogP contribution in [0.15, 0.2) is 35.7 Å². The Bertz CT molecular complexity index is 585. The van der Waals surface area contributed by atoms with Gasteiger partial charge in [0.25, 0.3) is 0 Å². The molecule has 0 fully saturated rings. The highest BCUT2D eigenvalue weighted by Crippen LogP contribution is 2.44. The Morgan fingerprint density at radius 1 is 1.26 bits per heavy atom. The van der Waals surface area contributed by atoms with Gasteiger partial charge >= 0.3 is 5.97 Å². The van der Waals surface area contributed by atoms with Gasteiger partial charge in [-0.3, -0.25) is 4.79 Å². The SMILES string of the molecule is COc1c(C(C)(C)C(=O)O)csc1-c1ccccc1. The van der Waals surface area contributed by atoms with Crippen molar-refractivity contribution in [1.29, 1.82) is 0 Å². The first-order valence-electron chi connectivity index (χ1n) is 5.93. The van der Waals surface area contributed by atoms with E-state index < -0.39 is 11.4 Å². The van der Waals surface area contributed by atoms with E-state index in [4.69, 9.17) is 4.74 Å². The summed E-state index contributed by atoms with van der Waals surface area (Å²) < 4.78 is 5.45. The standard InChI is InChI=1S/C15H16O3S/c1-15(2,14(16)17)11-9-19-13(12(11)18-3)10-7-5-4-6-8-10/h4-9H,1-3H3,(H,16,17). The summed E-state index contributed by atoms with van der Waals surface area (Å²) in [4.78, 5) is 12.3. The van der Waals surface area contributed by atoms with E-state index in [2.05, 4.69) is 0 Å². The third kappa shape index (κ3) is 2.36. The van der Waals surface area contributed by atoms with Gasteiger partial charge in [-0.15, -0.1) is 11.3 Å². The van der Waals surface area contributed by atoms with Crippen LogP contribution in [0.2, 0.25) is 0 Å². The Morgan fingerprint density at radius 2 is 1.89 bits per heavy atom. The molecule has 0 aliphatic rings. The molecule has 2 aromatic rings. The second-order valence-electron chi connectivity index (χ2n) is 4.81. The molecule has 1 N–H and O–H groups in total. The molecule has 100 valence electrons. The number of carboxylic acid groups (broad SMARTS) is 1. The summed E-state index contributed by atoms with van der Waals surface area (Å²) in [5, 5.41) is 11.2. The van der Waals surface area contributed by atoms with Crippen LogP contribution in [0.3, 0.4) is 0 Å². The van der Waals surface area contributed by atoms with Crippen LogP contribution in [0.25, 0.3) is 10.4 Å². The maximum atomic E-state index is 11.4. The Morgan fingerprint density at radius 3 is 2.42 bits per heavy atom. The molecule has 0 aliphatic carbocycles. The summed E-state index contributed by atoms with van der Waals surface area (Å²) in [6, 6.07) is 9.84.